The van der Waals surface area contributed by atoms with Gasteiger partial charge in [0.2, 0.25) is 10.0 Å². The van der Waals surface area contributed by atoms with Crippen molar-refractivity contribution in [3.63, 3.8) is 0 Å². The third-order valence-electron chi connectivity index (χ3n) is 3.30. The van der Waals surface area contributed by atoms with Crippen LogP contribution in [0.5, 0.6) is 0 Å². The first-order valence-corrected chi connectivity index (χ1v) is 8.04. The molecule has 0 spiro atoms. The molecule has 1 atom stereocenters. The molecule has 0 aliphatic heterocycles. The van der Waals surface area contributed by atoms with Gasteiger partial charge in [0.25, 0.3) is 0 Å². The number of rotatable bonds is 7. The van der Waals surface area contributed by atoms with Crippen LogP contribution >= 0.6 is 0 Å². The Morgan fingerprint density at radius 3 is 2.50 bits per heavy atom. The number of hydrogen-bond donors (Lipinski definition) is 2. The number of aliphatic hydroxyl groups is 1. The molecule has 0 fully saturated rings. The zero-order chi connectivity index (χ0) is 15.4. The smallest absolute Gasteiger partial charge is 0.241 e. The first kappa shape index (κ1) is 16.8. The minimum absolute atomic E-state index is 0.0323. The first-order chi connectivity index (χ1) is 9.28. The molecule has 0 aromatic heterocycles. The van der Waals surface area contributed by atoms with E-state index in [4.69, 9.17) is 0 Å². The quantitative estimate of drug-likeness (QED) is 0.751. The highest BCUT2D eigenvalue weighted by atomic mass is 32.2. The average molecular weight is 299 g/mol. The summed E-state index contributed by atoms with van der Waals surface area (Å²) in [6, 6.07) is 5.93. The number of aliphatic hydroxyl groups excluding tert-OH is 1. The van der Waals surface area contributed by atoms with Gasteiger partial charge in [-0.3, -0.25) is 4.79 Å². The number of carbonyl (C=O) groups is 1. The van der Waals surface area contributed by atoms with Gasteiger partial charge in [0.1, 0.15) is 0 Å². The van der Waals surface area contributed by atoms with Gasteiger partial charge in [-0.05, 0) is 25.5 Å². The molecule has 0 saturated heterocycles. The van der Waals surface area contributed by atoms with Gasteiger partial charge in [0.05, 0.1) is 17.0 Å². The molecule has 112 valence electrons. The average Bonchev–Trinajstić information content (AvgIpc) is 2.46. The molecule has 1 rings (SSSR count). The molecular formula is C14H21NO4S. The van der Waals surface area contributed by atoms with Gasteiger partial charge in [0, 0.05) is 12.0 Å². The first-order valence-electron chi connectivity index (χ1n) is 6.56. The molecule has 1 unspecified atom stereocenters. The molecule has 6 heteroatoms. The lowest BCUT2D eigenvalue weighted by molar-refractivity contribution is 0.0988. The standard InChI is InChI=1S/C14H21NO4S/c1-4-13(17)11-7-6-8-12(9-11)20(18,19)15-14(3,5-2)10-16/h6-9,15-16H,4-5,10H2,1-3H3. The molecule has 0 aliphatic rings. The third-order valence-corrected chi connectivity index (χ3v) is 4.93. The summed E-state index contributed by atoms with van der Waals surface area (Å²) < 4.78 is 27.1. The summed E-state index contributed by atoms with van der Waals surface area (Å²) in [4.78, 5) is 11.7. The van der Waals surface area contributed by atoms with Gasteiger partial charge in [-0.15, -0.1) is 0 Å². The lowest BCUT2D eigenvalue weighted by Gasteiger charge is -2.26. The fourth-order valence-corrected chi connectivity index (χ4v) is 3.16. The molecule has 5 nitrogen and oxygen atoms in total. The second-order valence-corrected chi connectivity index (χ2v) is 6.66. The number of ketones is 1. The van der Waals surface area contributed by atoms with Crippen LogP contribution in [0, 0.1) is 0 Å². The van der Waals surface area contributed by atoms with Gasteiger partial charge >= 0.3 is 0 Å². The Balaban J connectivity index is 3.13. The largest absolute Gasteiger partial charge is 0.394 e. The minimum atomic E-state index is -3.77. The van der Waals surface area contributed by atoms with Crippen LogP contribution in [0.1, 0.15) is 44.0 Å². The molecule has 1 aromatic rings. The number of hydrogen-bond acceptors (Lipinski definition) is 4. The Hall–Kier alpha value is -1.24. The Kier molecular flexibility index (Phi) is 5.44. The maximum atomic E-state index is 12.3. The highest BCUT2D eigenvalue weighted by molar-refractivity contribution is 7.89. The van der Waals surface area contributed by atoms with Crippen molar-refractivity contribution in [1.82, 2.24) is 4.72 Å². The number of benzene rings is 1. The summed E-state index contributed by atoms with van der Waals surface area (Å²) in [7, 11) is -3.77. The van der Waals surface area contributed by atoms with E-state index < -0.39 is 15.6 Å². The summed E-state index contributed by atoms with van der Waals surface area (Å²) in [6.45, 7) is 4.85. The van der Waals surface area contributed by atoms with Crippen molar-refractivity contribution in [3.8, 4) is 0 Å². The normalized spacial score (nSPS) is 14.8. The number of Topliss-reactive ketones (excluding diaryl/α,β-unsaturated/α-hetero) is 1. The highest BCUT2D eigenvalue weighted by Gasteiger charge is 2.28. The number of sulfonamides is 1. The van der Waals surface area contributed by atoms with Crippen molar-refractivity contribution in [2.24, 2.45) is 0 Å². The fourth-order valence-electron chi connectivity index (χ4n) is 1.64. The van der Waals surface area contributed by atoms with Gasteiger partial charge in [-0.25, -0.2) is 13.1 Å². The van der Waals surface area contributed by atoms with Crippen molar-refractivity contribution in [1.29, 1.82) is 0 Å². The molecule has 0 aliphatic carbocycles. The van der Waals surface area contributed by atoms with Crippen molar-refractivity contribution in [3.05, 3.63) is 29.8 Å². The summed E-state index contributed by atoms with van der Waals surface area (Å²) in [6.07, 6.45) is 0.774. The van der Waals surface area contributed by atoms with E-state index in [2.05, 4.69) is 4.72 Å². The summed E-state index contributed by atoms with van der Waals surface area (Å²) in [5.74, 6) is -0.109. The third kappa shape index (κ3) is 3.88. The van der Waals surface area contributed by atoms with Gasteiger partial charge < -0.3 is 5.11 Å². The molecule has 0 bridgehead atoms. The molecule has 20 heavy (non-hydrogen) atoms. The van der Waals surface area contributed by atoms with Crippen LogP contribution in [0.4, 0.5) is 0 Å². The molecule has 0 heterocycles. The maximum absolute atomic E-state index is 12.3. The van der Waals surface area contributed by atoms with E-state index in [1.165, 1.54) is 12.1 Å². The topological polar surface area (TPSA) is 83.5 Å². The Bertz CT molecular complexity index is 577. The SMILES string of the molecule is CCC(=O)c1cccc(S(=O)(=O)NC(C)(CC)CO)c1. The molecule has 1 aromatic carbocycles. The Labute approximate surface area is 120 Å². The van der Waals surface area contributed by atoms with E-state index in [0.717, 1.165) is 0 Å². The molecule has 0 amide bonds. The van der Waals surface area contributed by atoms with E-state index in [1.54, 1.807) is 32.9 Å². The van der Waals surface area contributed by atoms with E-state index >= 15 is 0 Å². The van der Waals surface area contributed by atoms with Crippen molar-refractivity contribution < 1.29 is 18.3 Å². The van der Waals surface area contributed by atoms with Crippen LogP contribution in [0.15, 0.2) is 29.2 Å². The van der Waals surface area contributed by atoms with Crippen LogP contribution in [-0.2, 0) is 10.0 Å². The maximum Gasteiger partial charge on any atom is 0.241 e. The lowest BCUT2D eigenvalue weighted by Crippen LogP contribution is -2.48. The predicted molar refractivity (Wildman–Crippen MR) is 77.2 cm³/mol. The van der Waals surface area contributed by atoms with E-state index in [1.807, 2.05) is 0 Å². The van der Waals surface area contributed by atoms with Gasteiger partial charge in [-0.1, -0.05) is 26.0 Å². The van der Waals surface area contributed by atoms with Crippen molar-refractivity contribution in [2.45, 2.75) is 44.0 Å². The molecule has 2 N–H and O–H groups in total. The lowest BCUT2D eigenvalue weighted by atomic mass is 10.0. The molecular weight excluding hydrogens is 278 g/mol. The van der Waals surface area contributed by atoms with Crippen LogP contribution in [-0.4, -0.2) is 31.5 Å². The van der Waals surface area contributed by atoms with E-state index in [0.29, 0.717) is 18.4 Å². The number of nitrogens with one attached hydrogen (secondary N) is 1. The van der Waals surface area contributed by atoms with Crippen LogP contribution in [0.3, 0.4) is 0 Å². The zero-order valence-corrected chi connectivity index (χ0v) is 12.8. The van der Waals surface area contributed by atoms with Crippen molar-refractivity contribution in [2.75, 3.05) is 6.61 Å². The highest BCUT2D eigenvalue weighted by Crippen LogP contribution is 2.17. The summed E-state index contributed by atoms with van der Waals surface area (Å²) in [5, 5.41) is 9.30. The second kappa shape index (κ2) is 6.47. The Morgan fingerprint density at radius 2 is 2.00 bits per heavy atom. The Morgan fingerprint density at radius 1 is 1.35 bits per heavy atom. The number of carbonyl (C=O) groups excluding carboxylic acids is 1. The predicted octanol–water partition coefficient (Wildman–Crippen LogP) is 1.72. The van der Waals surface area contributed by atoms with Crippen LogP contribution in [0.25, 0.3) is 0 Å². The van der Waals surface area contributed by atoms with E-state index in [-0.39, 0.29) is 17.3 Å². The molecule has 0 saturated carbocycles. The van der Waals surface area contributed by atoms with Gasteiger partial charge in [-0.2, -0.15) is 0 Å². The van der Waals surface area contributed by atoms with E-state index in [9.17, 15) is 18.3 Å². The second-order valence-electron chi connectivity index (χ2n) is 4.98. The molecule has 0 radical (unpaired) electrons. The van der Waals surface area contributed by atoms with Crippen LogP contribution in [0.2, 0.25) is 0 Å². The monoisotopic (exact) mass is 299 g/mol. The summed E-state index contributed by atoms with van der Waals surface area (Å²) in [5.41, 5.74) is -0.540. The van der Waals surface area contributed by atoms with Crippen LogP contribution < -0.4 is 4.72 Å². The summed E-state index contributed by atoms with van der Waals surface area (Å²) >= 11 is 0. The van der Waals surface area contributed by atoms with Gasteiger partial charge in [0.15, 0.2) is 5.78 Å². The van der Waals surface area contributed by atoms with Crippen molar-refractivity contribution >= 4 is 15.8 Å². The zero-order valence-electron chi connectivity index (χ0n) is 12.0. The fraction of sp³-hybridized carbons (Fsp3) is 0.500. The minimum Gasteiger partial charge on any atom is -0.394 e.